The van der Waals surface area contributed by atoms with E-state index in [0.717, 1.165) is 5.56 Å². The van der Waals surface area contributed by atoms with E-state index in [0.29, 0.717) is 6.42 Å². The smallest absolute Gasteiger partial charge is 0.0836 e. The average molecular weight is 166 g/mol. The van der Waals surface area contributed by atoms with Gasteiger partial charge in [-0.3, -0.25) is 0 Å². The lowest BCUT2D eigenvalue weighted by molar-refractivity contribution is 0.0320. The largest absolute Gasteiger partial charge is 0.391 e. The molecule has 0 aromatic heterocycles. The van der Waals surface area contributed by atoms with Crippen molar-refractivity contribution in [2.24, 2.45) is 0 Å². The predicted octanol–water partition coefficient (Wildman–Crippen LogP) is 0.971. The fourth-order valence-corrected chi connectivity index (χ4v) is 1.03. The van der Waals surface area contributed by atoms with Crippen LogP contribution in [0.2, 0.25) is 0 Å². The van der Waals surface area contributed by atoms with Crippen molar-refractivity contribution < 1.29 is 10.2 Å². The van der Waals surface area contributed by atoms with Crippen LogP contribution in [0, 0.1) is 0 Å². The zero-order valence-corrected chi connectivity index (χ0v) is 7.14. The molecule has 0 aliphatic heterocycles. The molecule has 0 radical (unpaired) electrons. The Morgan fingerprint density at radius 1 is 1.17 bits per heavy atom. The summed E-state index contributed by atoms with van der Waals surface area (Å²) in [5, 5.41) is 18.4. The molecule has 1 aromatic rings. The molecule has 0 saturated carbocycles. The monoisotopic (exact) mass is 166 g/mol. The van der Waals surface area contributed by atoms with E-state index in [1.807, 2.05) is 30.3 Å². The first-order chi connectivity index (χ1) is 5.70. The van der Waals surface area contributed by atoms with Gasteiger partial charge >= 0.3 is 0 Å². The molecule has 12 heavy (non-hydrogen) atoms. The number of hydrogen-bond acceptors (Lipinski definition) is 2. The molecular weight excluding hydrogens is 152 g/mol. The molecule has 2 N–H and O–H groups in total. The Labute approximate surface area is 72.5 Å². The summed E-state index contributed by atoms with van der Waals surface area (Å²) in [5.74, 6) is 0. The summed E-state index contributed by atoms with van der Waals surface area (Å²) in [7, 11) is 0. The van der Waals surface area contributed by atoms with E-state index in [-0.39, 0.29) is 0 Å². The molecule has 66 valence electrons. The molecule has 0 unspecified atom stereocenters. The Bertz CT molecular complexity index is 219. The van der Waals surface area contributed by atoms with Crippen molar-refractivity contribution in [2.45, 2.75) is 25.6 Å². The Morgan fingerprint density at radius 3 is 2.25 bits per heavy atom. The van der Waals surface area contributed by atoms with Crippen LogP contribution in [0.3, 0.4) is 0 Å². The lowest BCUT2D eigenvalue weighted by Gasteiger charge is -2.12. The Hall–Kier alpha value is -0.860. The molecular formula is C10H14O2. The first-order valence-corrected chi connectivity index (χ1v) is 4.10. The topological polar surface area (TPSA) is 40.5 Å². The predicted molar refractivity (Wildman–Crippen MR) is 47.8 cm³/mol. The maximum atomic E-state index is 9.33. The van der Waals surface area contributed by atoms with E-state index in [9.17, 15) is 5.11 Å². The highest BCUT2D eigenvalue weighted by Crippen LogP contribution is 2.05. The second-order valence-electron chi connectivity index (χ2n) is 3.00. The minimum Gasteiger partial charge on any atom is -0.391 e. The van der Waals surface area contributed by atoms with Gasteiger partial charge in [0.25, 0.3) is 0 Å². The summed E-state index contributed by atoms with van der Waals surface area (Å²) in [6.07, 6.45) is -0.809. The van der Waals surface area contributed by atoms with Gasteiger partial charge in [-0.15, -0.1) is 0 Å². The third-order valence-electron chi connectivity index (χ3n) is 1.84. The van der Waals surface area contributed by atoms with Gasteiger partial charge in [-0.25, -0.2) is 0 Å². The van der Waals surface area contributed by atoms with E-state index in [1.54, 1.807) is 6.92 Å². The van der Waals surface area contributed by atoms with Crippen molar-refractivity contribution in [1.82, 2.24) is 0 Å². The van der Waals surface area contributed by atoms with Crippen molar-refractivity contribution in [3.05, 3.63) is 35.9 Å². The average Bonchev–Trinajstić information content (AvgIpc) is 2.06. The zero-order chi connectivity index (χ0) is 8.97. The highest BCUT2D eigenvalue weighted by atomic mass is 16.3. The Kier molecular flexibility index (Phi) is 3.26. The molecule has 0 heterocycles. The van der Waals surface area contributed by atoms with Crippen LogP contribution in [0.4, 0.5) is 0 Å². The standard InChI is InChI=1S/C10H14O2/c1-8(11)10(12)7-9-5-3-2-4-6-9/h2-6,8,10-12H,7H2,1H3/t8-,10+/m0/s1. The first kappa shape index (κ1) is 9.23. The maximum Gasteiger partial charge on any atom is 0.0836 e. The summed E-state index contributed by atoms with van der Waals surface area (Å²) >= 11 is 0. The van der Waals surface area contributed by atoms with Crippen LogP contribution in [-0.2, 0) is 6.42 Å². The SMILES string of the molecule is C[C@H](O)[C@H](O)Cc1ccccc1. The minimum absolute atomic E-state index is 0.512. The Balaban J connectivity index is 2.53. The summed E-state index contributed by atoms with van der Waals surface area (Å²) in [6.45, 7) is 1.59. The van der Waals surface area contributed by atoms with Crippen LogP contribution < -0.4 is 0 Å². The number of benzene rings is 1. The lowest BCUT2D eigenvalue weighted by Crippen LogP contribution is -2.24. The quantitative estimate of drug-likeness (QED) is 0.702. The number of aliphatic hydroxyl groups is 2. The second kappa shape index (κ2) is 4.24. The van der Waals surface area contributed by atoms with Crippen LogP contribution in [0.5, 0.6) is 0 Å². The Morgan fingerprint density at radius 2 is 1.75 bits per heavy atom. The summed E-state index contributed by atoms with van der Waals surface area (Å²) in [6, 6.07) is 9.64. The summed E-state index contributed by atoms with van der Waals surface area (Å²) in [4.78, 5) is 0. The summed E-state index contributed by atoms with van der Waals surface area (Å²) in [5.41, 5.74) is 1.05. The van der Waals surface area contributed by atoms with Gasteiger partial charge in [0.2, 0.25) is 0 Å². The van der Waals surface area contributed by atoms with Gasteiger partial charge in [-0.1, -0.05) is 30.3 Å². The van der Waals surface area contributed by atoms with Crippen LogP contribution in [0.15, 0.2) is 30.3 Å². The number of rotatable bonds is 3. The highest BCUT2D eigenvalue weighted by molar-refractivity contribution is 5.15. The van der Waals surface area contributed by atoms with E-state index in [2.05, 4.69) is 0 Å². The lowest BCUT2D eigenvalue weighted by atomic mass is 10.1. The van der Waals surface area contributed by atoms with Crippen LogP contribution in [0.25, 0.3) is 0 Å². The van der Waals surface area contributed by atoms with Crippen molar-refractivity contribution in [2.75, 3.05) is 0 Å². The van der Waals surface area contributed by atoms with Crippen LogP contribution in [-0.4, -0.2) is 22.4 Å². The molecule has 0 spiro atoms. The van der Waals surface area contributed by atoms with E-state index in [1.165, 1.54) is 0 Å². The molecule has 0 fully saturated rings. The highest BCUT2D eigenvalue weighted by Gasteiger charge is 2.10. The fraction of sp³-hybridized carbons (Fsp3) is 0.400. The molecule has 0 amide bonds. The minimum atomic E-state index is -0.662. The van der Waals surface area contributed by atoms with Crippen molar-refractivity contribution >= 4 is 0 Å². The fourth-order valence-electron chi connectivity index (χ4n) is 1.03. The molecule has 0 aliphatic rings. The number of aliphatic hydroxyl groups excluding tert-OH is 2. The normalized spacial score (nSPS) is 15.6. The van der Waals surface area contributed by atoms with E-state index >= 15 is 0 Å². The molecule has 1 rings (SSSR count). The van der Waals surface area contributed by atoms with Crippen LogP contribution in [0.1, 0.15) is 12.5 Å². The van der Waals surface area contributed by atoms with Gasteiger partial charge in [0.1, 0.15) is 0 Å². The molecule has 0 saturated heterocycles. The molecule has 2 atom stereocenters. The van der Waals surface area contributed by atoms with Gasteiger partial charge in [0, 0.05) is 6.42 Å². The molecule has 0 aliphatic carbocycles. The van der Waals surface area contributed by atoms with Gasteiger partial charge in [-0.2, -0.15) is 0 Å². The van der Waals surface area contributed by atoms with E-state index < -0.39 is 12.2 Å². The van der Waals surface area contributed by atoms with Gasteiger partial charge in [0.05, 0.1) is 12.2 Å². The van der Waals surface area contributed by atoms with Crippen molar-refractivity contribution in [3.63, 3.8) is 0 Å². The first-order valence-electron chi connectivity index (χ1n) is 4.10. The molecule has 1 aromatic carbocycles. The maximum absolute atomic E-state index is 9.33. The van der Waals surface area contributed by atoms with Crippen molar-refractivity contribution in [3.8, 4) is 0 Å². The van der Waals surface area contributed by atoms with Gasteiger partial charge < -0.3 is 10.2 Å². The number of hydrogen-bond donors (Lipinski definition) is 2. The third-order valence-corrected chi connectivity index (χ3v) is 1.84. The molecule has 0 bridgehead atoms. The molecule has 2 heteroatoms. The van der Waals surface area contributed by atoms with E-state index in [4.69, 9.17) is 5.11 Å². The second-order valence-corrected chi connectivity index (χ2v) is 3.00. The van der Waals surface area contributed by atoms with Gasteiger partial charge in [-0.05, 0) is 12.5 Å². The van der Waals surface area contributed by atoms with Crippen molar-refractivity contribution in [1.29, 1.82) is 0 Å². The molecule has 2 nitrogen and oxygen atoms in total. The zero-order valence-electron chi connectivity index (χ0n) is 7.14. The summed E-state index contributed by atoms with van der Waals surface area (Å²) < 4.78 is 0. The third kappa shape index (κ3) is 2.64. The van der Waals surface area contributed by atoms with Gasteiger partial charge in [0.15, 0.2) is 0 Å². The van der Waals surface area contributed by atoms with Crippen LogP contribution >= 0.6 is 0 Å².